The van der Waals surface area contributed by atoms with Gasteiger partial charge in [0, 0.05) is 16.6 Å². The number of halogens is 5. The van der Waals surface area contributed by atoms with Gasteiger partial charge in [0.1, 0.15) is 0 Å². The number of piperidine rings is 1. The van der Waals surface area contributed by atoms with Gasteiger partial charge in [0.25, 0.3) is 0 Å². The Kier molecular flexibility index (Phi) is 7.93. The van der Waals surface area contributed by atoms with E-state index < -0.39 is 0 Å². The molecule has 2 nitrogen and oxygen atoms in total. The molecule has 0 spiro atoms. The molecule has 1 aliphatic heterocycles. The van der Waals surface area contributed by atoms with Crippen molar-refractivity contribution in [3.05, 3.63) is 67.6 Å². The highest BCUT2D eigenvalue weighted by Gasteiger charge is 2.28. The molecule has 0 N–H and O–H groups in total. The Bertz CT molecular complexity index is 775. The predicted octanol–water partition coefficient (Wildman–Crippen LogP) is 7.02. The number of rotatable bonds is 3. The third-order valence-corrected chi connectivity index (χ3v) is 5.60. The summed E-state index contributed by atoms with van der Waals surface area (Å²) in [6, 6.07) is 10.8. The van der Waals surface area contributed by atoms with Crippen molar-refractivity contribution in [1.82, 2.24) is 4.90 Å². The molecule has 7 heteroatoms. The van der Waals surface area contributed by atoms with Crippen LogP contribution in [0.5, 0.6) is 0 Å². The summed E-state index contributed by atoms with van der Waals surface area (Å²) in [5, 5.41) is 2.11. The number of likely N-dealkylation sites (tertiary alicyclic amines) is 1. The summed E-state index contributed by atoms with van der Waals surface area (Å²) in [5.74, 6) is 0.0640. The lowest BCUT2D eigenvalue weighted by molar-refractivity contribution is -0.134. The average molecular weight is 454 g/mol. The van der Waals surface area contributed by atoms with E-state index >= 15 is 0 Å². The van der Waals surface area contributed by atoms with E-state index in [1.807, 2.05) is 17.0 Å². The first-order chi connectivity index (χ1) is 11.9. The molecular weight excluding hydrogens is 435 g/mol. The van der Waals surface area contributed by atoms with Crippen LogP contribution in [0.25, 0.3) is 0 Å². The highest BCUT2D eigenvalue weighted by atomic mass is 35.5. The Morgan fingerprint density at radius 1 is 0.962 bits per heavy atom. The SMILES string of the molecule is Cl.O=C(Cc1cc(Cl)cc(Cl)c1)N1CCCCC1c1ccc(Cl)c(Cl)c1. The Labute approximate surface area is 179 Å². The molecule has 0 saturated carbocycles. The van der Waals surface area contributed by atoms with Crippen LogP contribution in [0.2, 0.25) is 20.1 Å². The fraction of sp³-hybridized carbons (Fsp3) is 0.316. The number of benzene rings is 2. The average Bonchev–Trinajstić information content (AvgIpc) is 2.56. The summed E-state index contributed by atoms with van der Waals surface area (Å²) in [4.78, 5) is 14.8. The smallest absolute Gasteiger partial charge is 0.227 e. The molecule has 1 heterocycles. The monoisotopic (exact) mass is 451 g/mol. The molecule has 1 unspecified atom stereocenters. The lowest BCUT2D eigenvalue weighted by Gasteiger charge is -2.36. The molecule has 26 heavy (non-hydrogen) atoms. The van der Waals surface area contributed by atoms with Crippen molar-refractivity contribution in [3.63, 3.8) is 0 Å². The van der Waals surface area contributed by atoms with E-state index in [1.54, 1.807) is 24.3 Å². The highest BCUT2D eigenvalue weighted by Crippen LogP contribution is 2.34. The number of carbonyl (C=O) groups is 1. The molecule has 1 fully saturated rings. The molecule has 1 amide bonds. The molecule has 3 rings (SSSR count). The molecule has 140 valence electrons. The molecule has 1 atom stereocenters. The second-order valence-electron chi connectivity index (χ2n) is 6.23. The van der Waals surface area contributed by atoms with E-state index in [4.69, 9.17) is 46.4 Å². The first-order valence-corrected chi connectivity index (χ1v) is 9.64. The van der Waals surface area contributed by atoms with Crippen molar-refractivity contribution in [2.75, 3.05) is 6.54 Å². The van der Waals surface area contributed by atoms with E-state index in [0.29, 0.717) is 20.1 Å². The first kappa shape index (κ1) is 21.7. The van der Waals surface area contributed by atoms with E-state index in [2.05, 4.69) is 0 Å². The van der Waals surface area contributed by atoms with E-state index in [0.717, 1.165) is 36.9 Å². The van der Waals surface area contributed by atoms with Crippen LogP contribution in [-0.2, 0) is 11.2 Å². The fourth-order valence-electron chi connectivity index (χ4n) is 3.29. The van der Waals surface area contributed by atoms with Crippen LogP contribution in [0.3, 0.4) is 0 Å². The number of hydrogen-bond donors (Lipinski definition) is 0. The van der Waals surface area contributed by atoms with Gasteiger partial charge in [-0.1, -0.05) is 52.5 Å². The number of hydrogen-bond acceptors (Lipinski definition) is 1. The van der Waals surface area contributed by atoms with Crippen LogP contribution in [0.4, 0.5) is 0 Å². The maximum Gasteiger partial charge on any atom is 0.227 e. The maximum atomic E-state index is 12.9. The molecule has 0 radical (unpaired) electrons. The van der Waals surface area contributed by atoms with Gasteiger partial charge in [-0.05, 0) is 60.7 Å². The van der Waals surface area contributed by atoms with Crippen LogP contribution in [0.1, 0.15) is 36.4 Å². The molecule has 1 saturated heterocycles. The van der Waals surface area contributed by atoms with Gasteiger partial charge in [0.05, 0.1) is 22.5 Å². The third kappa shape index (κ3) is 5.21. The summed E-state index contributed by atoms with van der Waals surface area (Å²) in [5.41, 5.74) is 1.84. The quantitative estimate of drug-likeness (QED) is 0.489. The van der Waals surface area contributed by atoms with E-state index in [9.17, 15) is 4.79 Å². The van der Waals surface area contributed by atoms with Crippen LogP contribution >= 0.6 is 58.8 Å². The summed E-state index contributed by atoms with van der Waals surface area (Å²) in [6.45, 7) is 0.734. The van der Waals surface area contributed by atoms with Gasteiger partial charge in [-0.3, -0.25) is 4.79 Å². The van der Waals surface area contributed by atoms with Gasteiger partial charge < -0.3 is 4.90 Å². The lowest BCUT2D eigenvalue weighted by atomic mass is 9.94. The zero-order valence-electron chi connectivity index (χ0n) is 13.9. The highest BCUT2D eigenvalue weighted by molar-refractivity contribution is 6.42. The molecule has 0 bridgehead atoms. The van der Waals surface area contributed by atoms with Gasteiger partial charge in [0.15, 0.2) is 0 Å². The summed E-state index contributed by atoms with van der Waals surface area (Å²) < 4.78 is 0. The lowest BCUT2D eigenvalue weighted by Crippen LogP contribution is -2.39. The molecular formula is C19H18Cl5NO. The number of nitrogens with zero attached hydrogens (tertiary/aromatic N) is 1. The zero-order chi connectivity index (χ0) is 18.0. The largest absolute Gasteiger partial charge is 0.335 e. The second-order valence-corrected chi connectivity index (χ2v) is 7.91. The summed E-state index contributed by atoms with van der Waals surface area (Å²) in [6.07, 6.45) is 3.27. The number of carbonyl (C=O) groups excluding carboxylic acids is 1. The van der Waals surface area contributed by atoms with Crippen LogP contribution in [0.15, 0.2) is 36.4 Å². The summed E-state index contributed by atoms with van der Waals surface area (Å²) >= 11 is 24.3. The molecule has 2 aromatic rings. The van der Waals surface area contributed by atoms with Crippen molar-refractivity contribution in [1.29, 1.82) is 0 Å². The fourth-order valence-corrected chi connectivity index (χ4v) is 4.16. The summed E-state index contributed by atoms with van der Waals surface area (Å²) in [7, 11) is 0. The standard InChI is InChI=1S/C19H17Cl4NO.ClH/c20-14-7-12(8-15(21)11-14)9-19(25)24-6-2-1-3-18(24)13-4-5-16(22)17(23)10-13;/h4-5,7-8,10-11,18H,1-3,6,9H2;1H. The normalized spacial score (nSPS) is 16.9. The molecule has 0 aromatic heterocycles. The second kappa shape index (κ2) is 9.52. The first-order valence-electron chi connectivity index (χ1n) is 8.13. The van der Waals surface area contributed by atoms with Crippen LogP contribution in [0, 0.1) is 0 Å². The van der Waals surface area contributed by atoms with Gasteiger partial charge in [-0.15, -0.1) is 12.4 Å². The third-order valence-electron chi connectivity index (χ3n) is 4.43. The minimum atomic E-state index is 0. The topological polar surface area (TPSA) is 20.3 Å². The van der Waals surface area contributed by atoms with Crippen LogP contribution < -0.4 is 0 Å². The minimum Gasteiger partial charge on any atom is -0.335 e. The van der Waals surface area contributed by atoms with E-state index in [1.165, 1.54) is 0 Å². The Morgan fingerprint density at radius 3 is 2.31 bits per heavy atom. The van der Waals surface area contributed by atoms with E-state index in [-0.39, 0.29) is 30.8 Å². The van der Waals surface area contributed by atoms with Crippen molar-refractivity contribution >= 4 is 64.7 Å². The molecule has 1 aliphatic rings. The number of amides is 1. The van der Waals surface area contributed by atoms with Gasteiger partial charge >= 0.3 is 0 Å². The zero-order valence-corrected chi connectivity index (χ0v) is 17.7. The molecule has 2 aromatic carbocycles. The Morgan fingerprint density at radius 2 is 1.65 bits per heavy atom. The van der Waals surface area contributed by atoms with Gasteiger partial charge in [-0.2, -0.15) is 0 Å². The maximum absolute atomic E-state index is 12.9. The van der Waals surface area contributed by atoms with Gasteiger partial charge in [-0.25, -0.2) is 0 Å². The van der Waals surface area contributed by atoms with Crippen molar-refractivity contribution in [3.8, 4) is 0 Å². The van der Waals surface area contributed by atoms with Gasteiger partial charge in [0.2, 0.25) is 5.91 Å². The Hall–Kier alpha value is -0.640. The van der Waals surface area contributed by atoms with Crippen molar-refractivity contribution < 1.29 is 4.79 Å². The minimum absolute atomic E-state index is 0. The van der Waals surface area contributed by atoms with Crippen molar-refractivity contribution in [2.24, 2.45) is 0 Å². The van der Waals surface area contributed by atoms with Crippen LogP contribution in [-0.4, -0.2) is 17.4 Å². The van der Waals surface area contributed by atoms with Crippen molar-refractivity contribution in [2.45, 2.75) is 31.7 Å². The Balaban J connectivity index is 0.00000243. The predicted molar refractivity (Wildman–Crippen MR) is 112 cm³/mol. The molecule has 0 aliphatic carbocycles.